The van der Waals surface area contributed by atoms with Gasteiger partial charge in [-0.3, -0.25) is 4.79 Å². The Morgan fingerprint density at radius 1 is 1.38 bits per heavy atom. The SMILES string of the molecule is CC(=C(F)C(=O)N1CCC(Cc2cnc[nH]2)CC1)C1CC1. The van der Waals surface area contributed by atoms with Crippen LogP contribution in [0, 0.1) is 11.8 Å². The Morgan fingerprint density at radius 3 is 2.67 bits per heavy atom. The zero-order chi connectivity index (χ0) is 14.8. The van der Waals surface area contributed by atoms with E-state index in [1.54, 1.807) is 18.2 Å². The molecule has 5 heteroatoms. The van der Waals surface area contributed by atoms with Crippen molar-refractivity contribution in [1.82, 2.24) is 14.9 Å². The number of nitrogens with zero attached hydrogens (tertiary/aromatic N) is 2. The number of carbonyl (C=O) groups is 1. The fourth-order valence-electron chi connectivity index (χ4n) is 3.05. The van der Waals surface area contributed by atoms with E-state index >= 15 is 0 Å². The van der Waals surface area contributed by atoms with E-state index in [4.69, 9.17) is 0 Å². The molecule has 1 N–H and O–H groups in total. The highest BCUT2D eigenvalue weighted by Gasteiger charge is 2.31. The molecule has 0 bridgehead atoms. The highest BCUT2D eigenvalue weighted by Crippen LogP contribution is 2.38. The largest absolute Gasteiger partial charge is 0.348 e. The average molecular weight is 291 g/mol. The summed E-state index contributed by atoms with van der Waals surface area (Å²) in [4.78, 5) is 21.0. The average Bonchev–Trinajstić information content (AvgIpc) is 3.24. The molecular weight excluding hydrogens is 269 g/mol. The first-order valence-electron chi connectivity index (χ1n) is 7.78. The van der Waals surface area contributed by atoms with Crippen molar-refractivity contribution in [3.63, 3.8) is 0 Å². The normalized spacial score (nSPS) is 21.3. The van der Waals surface area contributed by atoms with Gasteiger partial charge >= 0.3 is 0 Å². The number of piperidine rings is 1. The topological polar surface area (TPSA) is 49.0 Å². The number of rotatable bonds is 4. The molecule has 0 aromatic carbocycles. The van der Waals surface area contributed by atoms with Crippen molar-refractivity contribution in [2.75, 3.05) is 13.1 Å². The van der Waals surface area contributed by atoms with Crippen LogP contribution in [-0.4, -0.2) is 33.9 Å². The van der Waals surface area contributed by atoms with E-state index in [9.17, 15) is 9.18 Å². The van der Waals surface area contributed by atoms with Crippen LogP contribution in [0.3, 0.4) is 0 Å². The number of nitrogens with one attached hydrogen (secondary N) is 1. The summed E-state index contributed by atoms with van der Waals surface area (Å²) in [5.74, 6) is -0.0538. The fourth-order valence-corrected chi connectivity index (χ4v) is 3.05. The van der Waals surface area contributed by atoms with E-state index < -0.39 is 11.7 Å². The Labute approximate surface area is 124 Å². The van der Waals surface area contributed by atoms with Gasteiger partial charge in [-0.25, -0.2) is 9.37 Å². The number of H-pyrrole nitrogens is 1. The second-order valence-electron chi connectivity index (χ2n) is 6.29. The maximum atomic E-state index is 14.1. The van der Waals surface area contributed by atoms with Gasteiger partial charge in [-0.05, 0) is 56.4 Å². The van der Waals surface area contributed by atoms with Gasteiger partial charge in [-0.15, -0.1) is 0 Å². The molecule has 1 aliphatic heterocycles. The number of likely N-dealkylation sites (tertiary alicyclic amines) is 1. The number of allylic oxidation sites excluding steroid dienone is 1. The van der Waals surface area contributed by atoms with Crippen LogP contribution < -0.4 is 0 Å². The molecule has 1 aromatic heterocycles. The van der Waals surface area contributed by atoms with Crippen LogP contribution in [0.1, 0.15) is 38.3 Å². The van der Waals surface area contributed by atoms with Crippen molar-refractivity contribution >= 4 is 5.91 Å². The van der Waals surface area contributed by atoms with E-state index in [-0.39, 0.29) is 0 Å². The number of aromatic amines is 1. The molecule has 2 heterocycles. The summed E-state index contributed by atoms with van der Waals surface area (Å²) in [5, 5.41) is 0. The lowest BCUT2D eigenvalue weighted by atomic mass is 9.92. The monoisotopic (exact) mass is 291 g/mol. The minimum atomic E-state index is -0.510. The Balaban J connectivity index is 1.53. The summed E-state index contributed by atoms with van der Waals surface area (Å²) in [6.45, 7) is 3.07. The zero-order valence-corrected chi connectivity index (χ0v) is 12.4. The number of imidazole rings is 1. The smallest absolute Gasteiger partial charge is 0.282 e. The molecule has 0 unspecified atom stereocenters. The molecule has 1 saturated carbocycles. The minimum absolute atomic E-state index is 0.312. The molecule has 0 atom stereocenters. The summed E-state index contributed by atoms with van der Waals surface area (Å²) in [6, 6.07) is 0. The predicted octanol–water partition coefficient (Wildman–Crippen LogP) is 2.84. The van der Waals surface area contributed by atoms with Crippen molar-refractivity contribution in [2.45, 2.75) is 39.0 Å². The Bertz CT molecular complexity index is 526. The van der Waals surface area contributed by atoms with Crippen LogP contribution >= 0.6 is 0 Å². The van der Waals surface area contributed by atoms with Crippen LogP contribution in [0.5, 0.6) is 0 Å². The molecule has 1 aliphatic carbocycles. The van der Waals surface area contributed by atoms with Crippen LogP contribution in [0.2, 0.25) is 0 Å². The number of halogens is 1. The molecule has 1 amide bonds. The first kappa shape index (κ1) is 14.3. The van der Waals surface area contributed by atoms with Gasteiger partial charge < -0.3 is 9.88 Å². The molecule has 2 fully saturated rings. The van der Waals surface area contributed by atoms with Crippen LogP contribution in [-0.2, 0) is 11.2 Å². The third-order valence-corrected chi connectivity index (χ3v) is 4.69. The maximum absolute atomic E-state index is 14.1. The molecule has 114 valence electrons. The van der Waals surface area contributed by atoms with Crippen LogP contribution in [0.25, 0.3) is 0 Å². The molecule has 3 rings (SSSR count). The van der Waals surface area contributed by atoms with Crippen LogP contribution in [0.15, 0.2) is 23.9 Å². The van der Waals surface area contributed by atoms with Crippen LogP contribution in [0.4, 0.5) is 4.39 Å². The summed E-state index contributed by atoms with van der Waals surface area (Å²) < 4.78 is 14.1. The molecule has 0 spiro atoms. The quantitative estimate of drug-likeness (QED) is 0.867. The highest BCUT2D eigenvalue weighted by molar-refractivity contribution is 5.92. The molecule has 1 aromatic rings. The first-order valence-corrected chi connectivity index (χ1v) is 7.78. The van der Waals surface area contributed by atoms with Crippen molar-refractivity contribution in [1.29, 1.82) is 0 Å². The van der Waals surface area contributed by atoms with Gasteiger partial charge in [0.2, 0.25) is 0 Å². The van der Waals surface area contributed by atoms with Gasteiger partial charge in [0.1, 0.15) is 0 Å². The third kappa shape index (κ3) is 3.34. The highest BCUT2D eigenvalue weighted by atomic mass is 19.1. The lowest BCUT2D eigenvalue weighted by Gasteiger charge is -2.31. The van der Waals surface area contributed by atoms with Crippen molar-refractivity contribution in [2.24, 2.45) is 11.8 Å². The summed E-state index contributed by atoms with van der Waals surface area (Å²) in [6.07, 6.45) is 8.41. The maximum Gasteiger partial charge on any atom is 0.282 e. The Hall–Kier alpha value is -1.65. The van der Waals surface area contributed by atoms with Gasteiger partial charge in [0.25, 0.3) is 5.91 Å². The lowest BCUT2D eigenvalue weighted by molar-refractivity contribution is -0.130. The van der Waals surface area contributed by atoms with Gasteiger partial charge in [0.05, 0.1) is 6.33 Å². The predicted molar refractivity (Wildman–Crippen MR) is 78.1 cm³/mol. The second kappa shape index (κ2) is 6.00. The summed E-state index contributed by atoms with van der Waals surface area (Å²) in [7, 11) is 0. The number of amides is 1. The molecule has 21 heavy (non-hydrogen) atoms. The molecule has 4 nitrogen and oxygen atoms in total. The molecule has 2 aliphatic rings. The van der Waals surface area contributed by atoms with Gasteiger partial charge in [-0.2, -0.15) is 0 Å². The lowest BCUT2D eigenvalue weighted by Crippen LogP contribution is -2.39. The van der Waals surface area contributed by atoms with Crippen molar-refractivity contribution < 1.29 is 9.18 Å². The molecule has 0 radical (unpaired) electrons. The van der Waals surface area contributed by atoms with Crippen molar-refractivity contribution in [3.05, 3.63) is 29.6 Å². The number of hydrogen-bond acceptors (Lipinski definition) is 2. The van der Waals surface area contributed by atoms with Gasteiger partial charge in [0, 0.05) is 25.0 Å². The first-order chi connectivity index (χ1) is 10.1. The number of aromatic nitrogens is 2. The van der Waals surface area contributed by atoms with Gasteiger partial charge in [-0.1, -0.05) is 0 Å². The number of hydrogen-bond donors (Lipinski definition) is 1. The molecular formula is C16H22FN3O. The standard InChI is InChI=1S/C16H22FN3O/c1-11(13-2-3-13)15(17)16(21)20-6-4-12(5-7-20)8-14-9-18-10-19-14/h9-10,12-13H,2-8H2,1H3,(H,18,19). The van der Waals surface area contributed by atoms with E-state index in [0.717, 1.165) is 37.8 Å². The third-order valence-electron chi connectivity index (χ3n) is 4.69. The summed E-state index contributed by atoms with van der Waals surface area (Å²) in [5.41, 5.74) is 1.79. The molecule has 1 saturated heterocycles. The van der Waals surface area contributed by atoms with E-state index in [2.05, 4.69) is 9.97 Å². The van der Waals surface area contributed by atoms with E-state index in [1.165, 1.54) is 0 Å². The van der Waals surface area contributed by atoms with Crippen molar-refractivity contribution in [3.8, 4) is 0 Å². The number of carbonyl (C=O) groups excluding carboxylic acids is 1. The van der Waals surface area contributed by atoms with Gasteiger partial charge in [0.15, 0.2) is 5.83 Å². The Morgan fingerprint density at radius 2 is 2.10 bits per heavy atom. The Kier molecular flexibility index (Phi) is 4.08. The zero-order valence-electron chi connectivity index (χ0n) is 12.4. The second-order valence-corrected chi connectivity index (χ2v) is 6.29. The minimum Gasteiger partial charge on any atom is -0.348 e. The fraction of sp³-hybridized carbons (Fsp3) is 0.625. The van der Waals surface area contributed by atoms with E-state index in [1.807, 2.05) is 6.20 Å². The van der Waals surface area contributed by atoms with E-state index in [0.29, 0.717) is 30.5 Å². The summed E-state index contributed by atoms with van der Waals surface area (Å²) >= 11 is 0.